The van der Waals surface area contributed by atoms with Crippen LogP contribution in [-0.2, 0) is 4.79 Å². The highest BCUT2D eigenvalue weighted by atomic mass is 79.9. The van der Waals surface area contributed by atoms with Gasteiger partial charge >= 0.3 is 11.9 Å². The quantitative estimate of drug-likeness (QED) is 0.181. The molecule has 3 aromatic carbocycles. The van der Waals surface area contributed by atoms with Gasteiger partial charge in [-0.15, -0.1) is 0 Å². The van der Waals surface area contributed by atoms with Crippen LogP contribution in [0.4, 0.5) is 5.69 Å². The fourth-order valence-electron chi connectivity index (χ4n) is 2.75. The summed E-state index contributed by atoms with van der Waals surface area (Å²) in [7, 11) is 0. The molecule has 0 aliphatic heterocycles. The zero-order chi connectivity index (χ0) is 24.1. The molecule has 5 nitrogen and oxygen atoms in total. The summed E-state index contributed by atoms with van der Waals surface area (Å²) in [4.78, 5) is 29.6. The van der Waals surface area contributed by atoms with E-state index in [0.717, 1.165) is 5.56 Å². The van der Waals surface area contributed by atoms with E-state index < -0.39 is 17.9 Å². The van der Waals surface area contributed by atoms with E-state index in [1.165, 1.54) is 6.21 Å². The Morgan fingerprint density at radius 2 is 1.76 bits per heavy atom. The summed E-state index contributed by atoms with van der Waals surface area (Å²) in [5.41, 5.74) is 2.12. The first-order valence-corrected chi connectivity index (χ1v) is 11.5. The molecule has 0 heterocycles. The number of aliphatic imine (C=N–C) groups is 1. The fourth-order valence-corrected chi connectivity index (χ4v) is 3.55. The lowest BCUT2D eigenvalue weighted by Gasteiger charge is -2.15. The van der Waals surface area contributed by atoms with Crippen molar-refractivity contribution >= 4 is 63.0 Å². The molecule has 170 valence electrons. The van der Waals surface area contributed by atoms with Crippen LogP contribution in [-0.4, -0.2) is 18.2 Å². The van der Waals surface area contributed by atoms with E-state index in [1.54, 1.807) is 62.4 Å². The zero-order valence-corrected chi connectivity index (χ0v) is 21.2. The minimum absolute atomic E-state index is 0.0693. The molecule has 0 aliphatic carbocycles. The summed E-state index contributed by atoms with van der Waals surface area (Å²) in [6.45, 7) is 5.29. The van der Waals surface area contributed by atoms with Crippen molar-refractivity contribution in [3.63, 3.8) is 0 Å². The molecular weight excluding hydrogens is 529 g/mol. The molecule has 8 heteroatoms. The number of esters is 2. The average Bonchev–Trinajstić information content (AvgIpc) is 2.76. The maximum Gasteiger partial charge on any atom is 0.343 e. The monoisotopic (exact) mass is 547 g/mol. The molecule has 3 aromatic rings. The standard InChI is InChI=1S/C25H20BrCl2NO4/c1-14(2)24(30)33-23-17(13-29-20-9-5-8-19(27)22(20)28)11-18(26)12-21(23)32-25(31)16-7-4-6-15(3)10-16/h4-14H,1-3H3. The first-order chi connectivity index (χ1) is 15.7. The number of carbonyl (C=O) groups is 2. The van der Waals surface area contributed by atoms with Crippen molar-refractivity contribution in [2.45, 2.75) is 20.8 Å². The van der Waals surface area contributed by atoms with Gasteiger partial charge in [-0.25, -0.2) is 4.79 Å². The second-order valence-corrected chi connectivity index (χ2v) is 9.19. The number of hydrogen-bond acceptors (Lipinski definition) is 5. The van der Waals surface area contributed by atoms with Crippen LogP contribution in [0.15, 0.2) is 64.1 Å². The van der Waals surface area contributed by atoms with Crippen LogP contribution in [0, 0.1) is 12.8 Å². The maximum atomic E-state index is 12.8. The molecule has 0 unspecified atom stereocenters. The van der Waals surface area contributed by atoms with Crippen LogP contribution in [0.3, 0.4) is 0 Å². The third kappa shape index (κ3) is 6.44. The molecule has 0 aliphatic rings. The molecular formula is C25H20BrCl2NO4. The van der Waals surface area contributed by atoms with Crippen molar-refractivity contribution in [2.75, 3.05) is 0 Å². The third-order valence-electron chi connectivity index (χ3n) is 4.45. The summed E-state index contributed by atoms with van der Waals surface area (Å²) in [5.74, 6) is -1.33. The highest BCUT2D eigenvalue weighted by molar-refractivity contribution is 9.10. The number of ether oxygens (including phenoxy) is 2. The highest BCUT2D eigenvalue weighted by Crippen LogP contribution is 2.37. The summed E-state index contributed by atoms with van der Waals surface area (Å²) in [6, 6.07) is 15.3. The van der Waals surface area contributed by atoms with Gasteiger partial charge in [0.2, 0.25) is 0 Å². The number of rotatable bonds is 6. The number of hydrogen-bond donors (Lipinski definition) is 0. The fraction of sp³-hybridized carbons (Fsp3) is 0.160. The molecule has 0 aromatic heterocycles. The second kappa shape index (κ2) is 11.0. The zero-order valence-electron chi connectivity index (χ0n) is 18.1. The van der Waals surface area contributed by atoms with Gasteiger partial charge in [0.15, 0.2) is 11.5 Å². The van der Waals surface area contributed by atoms with Crippen LogP contribution >= 0.6 is 39.1 Å². The van der Waals surface area contributed by atoms with E-state index in [-0.39, 0.29) is 16.5 Å². The summed E-state index contributed by atoms with van der Waals surface area (Å²) in [5, 5.41) is 0.650. The van der Waals surface area contributed by atoms with Gasteiger partial charge in [-0.1, -0.05) is 76.7 Å². The Bertz CT molecular complexity index is 1240. The van der Waals surface area contributed by atoms with Gasteiger partial charge in [-0.3, -0.25) is 9.79 Å². The van der Waals surface area contributed by atoms with E-state index in [2.05, 4.69) is 20.9 Å². The van der Waals surface area contributed by atoms with Gasteiger partial charge in [-0.2, -0.15) is 0 Å². The van der Waals surface area contributed by atoms with Crippen LogP contribution in [0.5, 0.6) is 11.5 Å². The average molecular weight is 549 g/mol. The first kappa shape index (κ1) is 25.0. The lowest BCUT2D eigenvalue weighted by atomic mass is 10.1. The van der Waals surface area contributed by atoms with Crippen LogP contribution in [0.1, 0.15) is 35.3 Å². The van der Waals surface area contributed by atoms with E-state index >= 15 is 0 Å². The van der Waals surface area contributed by atoms with Crippen molar-refractivity contribution in [1.82, 2.24) is 0 Å². The smallest absolute Gasteiger partial charge is 0.343 e. The molecule has 0 spiro atoms. The molecule has 0 N–H and O–H groups in total. The Kier molecular flexibility index (Phi) is 8.30. The highest BCUT2D eigenvalue weighted by Gasteiger charge is 2.21. The lowest BCUT2D eigenvalue weighted by Crippen LogP contribution is -2.17. The third-order valence-corrected chi connectivity index (χ3v) is 5.72. The topological polar surface area (TPSA) is 65.0 Å². The number of halogens is 3. The van der Waals surface area contributed by atoms with Crippen molar-refractivity contribution < 1.29 is 19.1 Å². The van der Waals surface area contributed by atoms with Gasteiger partial charge in [0, 0.05) is 16.3 Å². The normalized spacial score (nSPS) is 11.1. The Balaban J connectivity index is 2.05. The van der Waals surface area contributed by atoms with Gasteiger partial charge in [0.05, 0.1) is 27.2 Å². The Labute approximate surface area is 210 Å². The predicted molar refractivity (Wildman–Crippen MR) is 134 cm³/mol. The SMILES string of the molecule is Cc1cccc(C(=O)Oc2cc(Br)cc(C=Nc3cccc(Cl)c3Cl)c2OC(=O)C(C)C)c1. The summed E-state index contributed by atoms with van der Waals surface area (Å²) >= 11 is 15.7. The van der Waals surface area contributed by atoms with Gasteiger partial charge < -0.3 is 9.47 Å². The molecule has 0 bridgehead atoms. The molecule has 33 heavy (non-hydrogen) atoms. The van der Waals surface area contributed by atoms with Crippen LogP contribution in [0.25, 0.3) is 0 Å². The summed E-state index contributed by atoms with van der Waals surface area (Å²) < 4.78 is 11.8. The number of carbonyl (C=O) groups excluding carboxylic acids is 2. The largest absolute Gasteiger partial charge is 0.422 e. The first-order valence-electron chi connectivity index (χ1n) is 9.98. The maximum absolute atomic E-state index is 12.8. The molecule has 0 amide bonds. The molecule has 0 atom stereocenters. The van der Waals surface area contributed by atoms with Gasteiger partial charge in [0.25, 0.3) is 0 Å². The minimum atomic E-state index is -0.584. The number of benzene rings is 3. The predicted octanol–water partition coefficient (Wildman–Crippen LogP) is 7.60. The van der Waals surface area contributed by atoms with Crippen molar-refractivity contribution in [3.8, 4) is 11.5 Å². The molecule has 0 saturated heterocycles. The van der Waals surface area contributed by atoms with E-state index in [4.69, 9.17) is 32.7 Å². The van der Waals surface area contributed by atoms with Crippen LogP contribution in [0.2, 0.25) is 10.0 Å². The van der Waals surface area contributed by atoms with E-state index in [9.17, 15) is 9.59 Å². The second-order valence-electron chi connectivity index (χ2n) is 7.49. The molecule has 0 fully saturated rings. The van der Waals surface area contributed by atoms with Gasteiger partial charge in [0.1, 0.15) is 0 Å². The Morgan fingerprint density at radius 3 is 2.45 bits per heavy atom. The van der Waals surface area contributed by atoms with E-state index in [1.807, 2.05) is 13.0 Å². The number of aryl methyl sites for hydroxylation is 1. The molecule has 3 rings (SSSR count). The van der Waals surface area contributed by atoms with Crippen LogP contribution < -0.4 is 9.47 Å². The Hall–Kier alpha value is -2.67. The van der Waals surface area contributed by atoms with Crippen molar-refractivity contribution in [1.29, 1.82) is 0 Å². The van der Waals surface area contributed by atoms with Crippen molar-refractivity contribution in [3.05, 3.63) is 85.8 Å². The molecule has 0 radical (unpaired) electrons. The van der Waals surface area contributed by atoms with Gasteiger partial charge in [-0.05, 0) is 43.3 Å². The van der Waals surface area contributed by atoms with Crippen molar-refractivity contribution in [2.24, 2.45) is 10.9 Å². The Morgan fingerprint density at radius 1 is 1.03 bits per heavy atom. The number of nitrogens with zero attached hydrogens (tertiary/aromatic N) is 1. The molecule has 0 saturated carbocycles. The summed E-state index contributed by atoms with van der Waals surface area (Å²) in [6.07, 6.45) is 1.47. The van der Waals surface area contributed by atoms with E-state index in [0.29, 0.717) is 26.3 Å². The lowest BCUT2D eigenvalue weighted by molar-refractivity contribution is -0.137. The minimum Gasteiger partial charge on any atom is -0.422 e.